The van der Waals surface area contributed by atoms with E-state index in [1.165, 1.54) is 358 Å². The van der Waals surface area contributed by atoms with Crippen molar-refractivity contribution in [3.8, 4) is 56.2 Å². The highest BCUT2D eigenvalue weighted by atomic mass is 14.9. The topological polar surface area (TPSA) is 15.5 Å². The van der Waals surface area contributed by atoms with Crippen molar-refractivity contribution >= 4 is 43.1 Å². The summed E-state index contributed by atoms with van der Waals surface area (Å²) in [6.45, 7) is 11.5. The fraction of sp³-hybridized carbons (Fsp3) is 0.445. The van der Waals surface area contributed by atoms with Gasteiger partial charge in [-0.1, -0.05) is 244 Å². The van der Waals surface area contributed by atoms with Crippen LogP contribution in [-0.2, 0) is 28.2 Å². The van der Waals surface area contributed by atoms with Crippen LogP contribution in [-0.4, -0.2) is 0 Å². The first-order valence-electron chi connectivity index (χ1n) is 49.4. The van der Waals surface area contributed by atoms with Crippen molar-refractivity contribution in [3.05, 3.63) is 285 Å². The van der Waals surface area contributed by atoms with Crippen LogP contribution in [0, 0.1) is 34.6 Å². The van der Waals surface area contributed by atoms with Crippen molar-refractivity contribution in [2.24, 2.45) is 28.2 Å². The Bertz CT molecular complexity index is 5890. The second-order valence-electron chi connectivity index (χ2n) is 40.0. The van der Waals surface area contributed by atoms with Gasteiger partial charge in [-0.05, 0) is 338 Å². The predicted octanol–water partition coefficient (Wildman–Crippen LogP) is 31.4. The number of aryl methyl sites for hydroxylation is 7. The van der Waals surface area contributed by atoms with Crippen LogP contribution in [0.5, 0.6) is 0 Å². The van der Waals surface area contributed by atoms with Crippen molar-refractivity contribution in [2.75, 3.05) is 0 Å². The Morgan fingerprint density at radius 2 is 0.480 bits per heavy atom. The molecule has 0 atom stereocenters. The Kier molecular flexibility index (Phi) is 26.5. The molecule has 9 aromatic carbocycles. The molecule has 634 valence electrons. The molecule has 21 rings (SSSR count). The average molecular weight is 1630 g/mol. The number of rotatable bonds is 13. The van der Waals surface area contributed by atoms with Crippen molar-refractivity contribution in [1.29, 1.82) is 0 Å². The second kappa shape index (κ2) is 38.6. The van der Waals surface area contributed by atoms with Gasteiger partial charge in [-0.2, -0.15) is 0 Å². The van der Waals surface area contributed by atoms with Gasteiger partial charge in [0.15, 0.2) is 24.8 Å². The van der Waals surface area contributed by atoms with Crippen molar-refractivity contribution in [2.45, 2.75) is 313 Å². The quantitative estimate of drug-likeness (QED) is 0.102. The van der Waals surface area contributed by atoms with Crippen LogP contribution < -0.4 is 18.3 Å². The lowest BCUT2D eigenvalue weighted by Crippen LogP contribution is -2.31. The first kappa shape index (κ1) is 84.5. The number of pyridine rings is 4. The fourth-order valence-electron chi connectivity index (χ4n) is 24.6. The molecule has 4 nitrogen and oxygen atoms in total. The molecule has 0 bridgehead atoms. The molecule has 4 heteroatoms. The van der Waals surface area contributed by atoms with E-state index in [2.05, 4.69) is 294 Å². The number of hydrogen-bond donors (Lipinski definition) is 0. The first-order chi connectivity index (χ1) is 60.2. The predicted molar refractivity (Wildman–Crippen MR) is 520 cm³/mol. The van der Waals surface area contributed by atoms with Gasteiger partial charge in [-0.15, -0.1) is 0 Å². The average Bonchev–Trinajstić information content (AvgIpc) is 0.986. The zero-order valence-electron chi connectivity index (χ0n) is 76.6. The lowest BCUT2D eigenvalue weighted by Gasteiger charge is -2.28. The van der Waals surface area contributed by atoms with Crippen LogP contribution in [0.2, 0.25) is 0 Å². The summed E-state index contributed by atoms with van der Waals surface area (Å²) < 4.78 is 9.33. The van der Waals surface area contributed by atoms with Gasteiger partial charge in [0.1, 0.15) is 28.2 Å². The number of fused-ring (bicyclic) bond motifs is 4. The molecule has 0 N–H and O–H groups in total. The lowest BCUT2D eigenvalue weighted by atomic mass is 9.76. The summed E-state index contributed by atoms with van der Waals surface area (Å²) in [4.78, 5) is 0. The van der Waals surface area contributed by atoms with Gasteiger partial charge in [0, 0.05) is 29.8 Å². The van der Waals surface area contributed by atoms with E-state index >= 15 is 0 Å². The Morgan fingerprint density at radius 1 is 0.203 bits per heavy atom. The maximum Gasteiger partial charge on any atom is 0.220 e. The van der Waals surface area contributed by atoms with E-state index in [1.54, 1.807) is 44.5 Å². The minimum Gasteiger partial charge on any atom is -0.200 e. The van der Waals surface area contributed by atoms with Gasteiger partial charge in [0.2, 0.25) is 22.8 Å². The van der Waals surface area contributed by atoms with E-state index < -0.39 is 0 Å². The highest BCUT2D eigenvalue weighted by Crippen LogP contribution is 2.48. The summed E-state index contributed by atoms with van der Waals surface area (Å²) in [5.74, 6) is 6.05. The van der Waals surface area contributed by atoms with Gasteiger partial charge in [0.25, 0.3) is 0 Å². The summed E-state index contributed by atoms with van der Waals surface area (Å²) in [5.41, 5.74) is 33.3. The van der Waals surface area contributed by atoms with E-state index in [9.17, 15) is 0 Å². The first-order valence-corrected chi connectivity index (χ1v) is 49.4. The van der Waals surface area contributed by atoms with Crippen LogP contribution in [0.15, 0.2) is 213 Å². The van der Waals surface area contributed by atoms with Crippen LogP contribution in [0.4, 0.5) is 0 Å². The molecule has 8 aliphatic carbocycles. The summed E-state index contributed by atoms with van der Waals surface area (Å²) in [6, 6.07) is 73.4. The normalized spacial score (nSPS) is 18.2. The molecule has 0 amide bonds. The molecule has 4 heterocycles. The molecular weight excluding hydrogens is 1490 g/mol. The summed E-state index contributed by atoms with van der Waals surface area (Å²) in [6.07, 6.45) is 58.8. The van der Waals surface area contributed by atoms with E-state index in [1.807, 2.05) is 0 Å². The van der Waals surface area contributed by atoms with Gasteiger partial charge >= 0.3 is 0 Å². The standard InChI is InChI=1S/C34H44N.C29H36N.C28H34N.C28H28N/c1-24-32(27-15-7-4-8-16-27)22-30(26-11-5-3-6-12-26)23-33(24)34-31-18-17-28(25-13-9-10-14-25)21-29(31)19-20-35(34)2;1-20-17-26(23-9-5-4-6-10-23)19-28(21(20)2)29-27-14-13-24(22-11-7-8-12-22)18-25(27)15-16-30(29)3;2*1-20-12-13-24(22-8-4-3-5-9-22)19-27(20)28-26-15-14-23(21-10-6-7-11-21)18-25(26)16-17-29(28)2/h17-23,25-27H,3-16H2,1-2H3;13-19,22-23H,4-12H2,1-3H3;12-19,21-22H,3-11H2,1-2H3;3-5,8-9,12-19,21H,6-7,10-11H2,1-2H3/q4*+1. The van der Waals surface area contributed by atoms with Gasteiger partial charge in [0.05, 0.1) is 38.2 Å². The molecular formula is C119H142N4+4. The smallest absolute Gasteiger partial charge is 0.200 e. The number of nitrogens with zero attached hydrogens (tertiary/aromatic N) is 4. The van der Waals surface area contributed by atoms with Crippen molar-refractivity contribution < 1.29 is 18.3 Å². The maximum atomic E-state index is 2.66. The number of benzene rings is 9. The summed E-state index contributed by atoms with van der Waals surface area (Å²) >= 11 is 0. The zero-order chi connectivity index (χ0) is 84.0. The highest BCUT2D eigenvalue weighted by molar-refractivity contribution is 5.98. The van der Waals surface area contributed by atoms with Crippen LogP contribution in [0.25, 0.3) is 99.2 Å². The lowest BCUT2D eigenvalue weighted by molar-refractivity contribution is -0.659. The molecule has 0 spiro atoms. The van der Waals surface area contributed by atoms with E-state index in [-0.39, 0.29) is 0 Å². The molecule has 8 aliphatic rings. The van der Waals surface area contributed by atoms with E-state index in [0.717, 1.165) is 47.3 Å². The zero-order valence-corrected chi connectivity index (χ0v) is 76.6. The third kappa shape index (κ3) is 18.5. The van der Waals surface area contributed by atoms with Crippen molar-refractivity contribution in [3.63, 3.8) is 0 Å². The molecule has 123 heavy (non-hydrogen) atoms. The van der Waals surface area contributed by atoms with Gasteiger partial charge < -0.3 is 0 Å². The maximum absolute atomic E-state index is 2.66. The Balaban J connectivity index is 0.000000112. The second-order valence-corrected chi connectivity index (χ2v) is 40.0. The Labute approximate surface area is 739 Å². The largest absolute Gasteiger partial charge is 0.220 e. The third-order valence-electron chi connectivity index (χ3n) is 32.0. The SMILES string of the molecule is Cc1c(-c2c3ccc(C4CCCC4)cc3cc[n+]2C)cc(C2CCCCC2)cc1C1CCCCC1.Cc1cc(C2CCCCC2)cc(-c2c3ccc(C4CCCC4)cc3cc[n+]2C)c1C.Cc1ccc(-c2ccccc2)cc1-c1c2ccc(C3CCCC3)cc2cc[n+]1C.Cc1ccc(C2CCCCC2)cc1-c1c2ccc(C3CCCC3)cc2cc[n+]1C. The van der Waals surface area contributed by atoms with Crippen LogP contribution in [0.3, 0.4) is 0 Å². The monoisotopic (exact) mass is 1630 g/mol. The van der Waals surface area contributed by atoms with E-state index in [4.69, 9.17) is 0 Å². The highest BCUT2D eigenvalue weighted by Gasteiger charge is 2.32. The fourth-order valence-corrected chi connectivity index (χ4v) is 24.6. The minimum atomic E-state index is 0.742. The molecule has 8 fully saturated rings. The molecule has 13 aromatic rings. The summed E-state index contributed by atoms with van der Waals surface area (Å²) in [7, 11) is 8.83. The molecule has 8 saturated carbocycles. The Hall–Kier alpha value is -9.38. The molecule has 0 unspecified atom stereocenters. The Morgan fingerprint density at radius 3 is 0.846 bits per heavy atom. The van der Waals surface area contributed by atoms with Gasteiger partial charge in [-0.25, -0.2) is 18.3 Å². The third-order valence-corrected chi connectivity index (χ3v) is 32.0. The molecule has 0 radical (unpaired) electrons. The molecule has 0 saturated heterocycles. The number of aromatic nitrogens is 4. The van der Waals surface area contributed by atoms with Crippen molar-refractivity contribution in [1.82, 2.24) is 0 Å². The number of hydrogen-bond acceptors (Lipinski definition) is 0. The molecule has 4 aromatic heterocycles. The molecule has 0 aliphatic heterocycles. The van der Waals surface area contributed by atoms with Gasteiger partial charge in [-0.3, -0.25) is 0 Å². The van der Waals surface area contributed by atoms with Crippen LogP contribution >= 0.6 is 0 Å². The van der Waals surface area contributed by atoms with E-state index in [0.29, 0.717) is 0 Å². The summed E-state index contributed by atoms with van der Waals surface area (Å²) in [5, 5.41) is 11.1. The van der Waals surface area contributed by atoms with Crippen LogP contribution in [0.1, 0.15) is 351 Å². The minimum absolute atomic E-state index is 0.742.